The number of nitrogens with one attached hydrogen (secondary N) is 2. The molecule has 0 bridgehead atoms. The van der Waals surface area contributed by atoms with Crippen LogP contribution in [0.5, 0.6) is 0 Å². The maximum absolute atomic E-state index is 14.0. The lowest BCUT2D eigenvalue weighted by Crippen LogP contribution is -2.37. The highest BCUT2D eigenvalue weighted by molar-refractivity contribution is 5.99. The molecule has 5 rings (SSSR count). The summed E-state index contributed by atoms with van der Waals surface area (Å²) in [5, 5.41) is 12.1. The van der Waals surface area contributed by atoms with Crippen molar-refractivity contribution in [3.63, 3.8) is 0 Å². The molecule has 5 nitrogen and oxygen atoms in total. The van der Waals surface area contributed by atoms with Gasteiger partial charge in [0.15, 0.2) is 6.04 Å². The zero-order valence-corrected chi connectivity index (χ0v) is 18.2. The van der Waals surface area contributed by atoms with Gasteiger partial charge in [-0.05, 0) is 41.2 Å². The molecule has 2 unspecified atom stereocenters. The van der Waals surface area contributed by atoms with Crippen molar-refractivity contribution in [1.82, 2.24) is 15.1 Å². The molecule has 1 saturated carbocycles. The number of fused-ring (bicyclic) bond motifs is 2. The van der Waals surface area contributed by atoms with Gasteiger partial charge in [-0.3, -0.25) is 4.79 Å². The van der Waals surface area contributed by atoms with E-state index in [4.69, 9.17) is 0 Å². The van der Waals surface area contributed by atoms with Gasteiger partial charge in [-0.1, -0.05) is 55.7 Å². The monoisotopic (exact) mass is 456 g/mol. The molecule has 2 heterocycles. The van der Waals surface area contributed by atoms with E-state index in [-0.39, 0.29) is 23.7 Å². The minimum absolute atomic E-state index is 0.128. The van der Waals surface area contributed by atoms with Crippen LogP contribution in [0.2, 0.25) is 0 Å². The minimum atomic E-state index is -4.48. The van der Waals surface area contributed by atoms with E-state index in [1.807, 2.05) is 42.5 Å². The Hall–Kier alpha value is -3.03. The Morgan fingerprint density at radius 2 is 1.85 bits per heavy atom. The van der Waals surface area contributed by atoms with Gasteiger partial charge in [0, 0.05) is 13.0 Å². The van der Waals surface area contributed by atoms with Gasteiger partial charge in [0.2, 0.25) is 0 Å². The van der Waals surface area contributed by atoms with E-state index in [0.717, 1.165) is 46.7 Å². The van der Waals surface area contributed by atoms with Crippen molar-refractivity contribution in [1.29, 1.82) is 0 Å². The maximum atomic E-state index is 14.0. The van der Waals surface area contributed by atoms with Crippen LogP contribution in [0.3, 0.4) is 0 Å². The third-order valence-electron chi connectivity index (χ3n) is 6.93. The molecule has 1 amide bonds. The molecule has 1 fully saturated rings. The van der Waals surface area contributed by atoms with E-state index < -0.39 is 18.3 Å². The highest BCUT2D eigenvalue weighted by Crippen LogP contribution is 2.44. The summed E-state index contributed by atoms with van der Waals surface area (Å²) in [5.74, 6) is 0.174. The van der Waals surface area contributed by atoms with Gasteiger partial charge in [-0.15, -0.1) is 0 Å². The molecular weight excluding hydrogens is 429 g/mol. The van der Waals surface area contributed by atoms with E-state index in [2.05, 4.69) is 15.7 Å². The van der Waals surface area contributed by atoms with Crippen LogP contribution in [-0.2, 0) is 0 Å². The van der Waals surface area contributed by atoms with Crippen LogP contribution in [0.4, 0.5) is 19.0 Å². The SMILES string of the molecule is O=C(NCC1CCCCC1)c1cnn2c1NC(c1ccc3ccccc3c1)CC2C(F)(F)F. The molecule has 0 spiro atoms. The highest BCUT2D eigenvalue weighted by atomic mass is 19.4. The molecule has 2 atom stereocenters. The number of rotatable bonds is 4. The molecule has 8 heteroatoms. The maximum Gasteiger partial charge on any atom is 0.410 e. The summed E-state index contributed by atoms with van der Waals surface area (Å²) in [6, 6.07) is 11.0. The van der Waals surface area contributed by atoms with E-state index >= 15 is 0 Å². The fourth-order valence-electron chi connectivity index (χ4n) is 5.10. The molecule has 0 saturated heterocycles. The third kappa shape index (κ3) is 4.43. The van der Waals surface area contributed by atoms with E-state index in [0.29, 0.717) is 12.5 Å². The van der Waals surface area contributed by atoms with Gasteiger partial charge in [-0.25, -0.2) is 4.68 Å². The Morgan fingerprint density at radius 3 is 2.61 bits per heavy atom. The normalized spacial score (nSPS) is 21.4. The average molecular weight is 457 g/mol. The van der Waals surface area contributed by atoms with Gasteiger partial charge >= 0.3 is 6.18 Å². The van der Waals surface area contributed by atoms with Crippen LogP contribution >= 0.6 is 0 Å². The summed E-state index contributed by atoms with van der Waals surface area (Å²) in [6.07, 6.45) is 2.27. The number of aromatic nitrogens is 2. The van der Waals surface area contributed by atoms with Gasteiger partial charge in [-0.2, -0.15) is 18.3 Å². The zero-order valence-electron chi connectivity index (χ0n) is 18.2. The lowest BCUT2D eigenvalue weighted by Gasteiger charge is -2.34. The van der Waals surface area contributed by atoms with E-state index in [9.17, 15) is 18.0 Å². The summed E-state index contributed by atoms with van der Waals surface area (Å²) >= 11 is 0. The number of hydrogen-bond acceptors (Lipinski definition) is 3. The van der Waals surface area contributed by atoms with Crippen molar-refractivity contribution in [3.05, 3.63) is 59.8 Å². The Kier molecular flexibility index (Phi) is 5.76. The standard InChI is InChI=1S/C25H27F3N4O/c26-25(27,28)22-13-21(19-11-10-17-8-4-5-9-18(17)12-19)31-23-20(15-30-32(22)23)24(33)29-14-16-6-2-1-3-7-16/h4-5,8-12,15-16,21-22,31H,1-3,6-7,13-14H2,(H,29,33). The second kappa shape index (κ2) is 8.72. The van der Waals surface area contributed by atoms with Crippen molar-refractivity contribution in [2.45, 2.75) is 56.8 Å². The average Bonchev–Trinajstić information content (AvgIpc) is 3.25. The predicted octanol–water partition coefficient (Wildman–Crippen LogP) is 6.01. The first kappa shape index (κ1) is 21.8. The van der Waals surface area contributed by atoms with Crippen molar-refractivity contribution in [3.8, 4) is 0 Å². The number of carbonyl (C=O) groups excluding carboxylic acids is 1. The second-order valence-electron chi connectivity index (χ2n) is 9.16. The quantitative estimate of drug-likeness (QED) is 0.506. The summed E-state index contributed by atoms with van der Waals surface area (Å²) < 4.78 is 42.8. The van der Waals surface area contributed by atoms with Crippen LogP contribution in [0.15, 0.2) is 48.7 Å². The van der Waals surface area contributed by atoms with Crippen LogP contribution in [-0.4, -0.2) is 28.4 Å². The second-order valence-corrected chi connectivity index (χ2v) is 9.16. The molecule has 174 valence electrons. The number of carbonyl (C=O) groups is 1. The molecule has 1 aliphatic carbocycles. The van der Waals surface area contributed by atoms with Crippen molar-refractivity contribution in [2.75, 3.05) is 11.9 Å². The fraction of sp³-hybridized carbons (Fsp3) is 0.440. The topological polar surface area (TPSA) is 59.0 Å². The van der Waals surface area contributed by atoms with E-state index in [1.54, 1.807) is 0 Å². The van der Waals surface area contributed by atoms with Crippen molar-refractivity contribution < 1.29 is 18.0 Å². The first-order valence-electron chi connectivity index (χ1n) is 11.6. The largest absolute Gasteiger partial charge is 0.410 e. The van der Waals surface area contributed by atoms with Crippen LogP contribution in [0, 0.1) is 5.92 Å². The van der Waals surface area contributed by atoms with Gasteiger partial charge in [0.25, 0.3) is 5.91 Å². The first-order chi connectivity index (χ1) is 15.9. The number of anilines is 1. The molecule has 2 aliphatic rings. The third-order valence-corrected chi connectivity index (χ3v) is 6.93. The molecule has 3 aromatic rings. The van der Waals surface area contributed by atoms with Crippen LogP contribution in [0.25, 0.3) is 10.8 Å². The summed E-state index contributed by atoms with van der Waals surface area (Å²) in [5.41, 5.74) is 0.912. The summed E-state index contributed by atoms with van der Waals surface area (Å²) in [6.45, 7) is 0.542. The van der Waals surface area contributed by atoms with Gasteiger partial charge in [0.05, 0.1) is 12.2 Å². The lowest BCUT2D eigenvalue weighted by molar-refractivity contribution is -0.173. The number of amides is 1. The Balaban J connectivity index is 1.43. The smallest absolute Gasteiger partial charge is 0.363 e. The van der Waals surface area contributed by atoms with Crippen LogP contribution in [0.1, 0.15) is 66.5 Å². The van der Waals surface area contributed by atoms with Crippen molar-refractivity contribution in [2.24, 2.45) is 5.92 Å². The zero-order chi connectivity index (χ0) is 23.0. The van der Waals surface area contributed by atoms with Gasteiger partial charge in [0.1, 0.15) is 11.4 Å². The Labute approximate surface area is 190 Å². The molecule has 33 heavy (non-hydrogen) atoms. The van der Waals surface area contributed by atoms with Crippen molar-refractivity contribution >= 4 is 22.5 Å². The molecule has 0 radical (unpaired) electrons. The summed E-state index contributed by atoms with van der Waals surface area (Å²) in [7, 11) is 0. The number of benzene rings is 2. The molecule has 1 aliphatic heterocycles. The number of hydrogen-bond donors (Lipinski definition) is 2. The van der Waals surface area contributed by atoms with E-state index in [1.165, 1.54) is 12.6 Å². The molecule has 2 aromatic carbocycles. The number of nitrogens with zero attached hydrogens (tertiary/aromatic N) is 2. The number of alkyl halides is 3. The number of halogens is 3. The molecule has 1 aromatic heterocycles. The lowest BCUT2D eigenvalue weighted by atomic mass is 9.89. The molecular formula is C25H27F3N4O. The predicted molar refractivity (Wildman–Crippen MR) is 121 cm³/mol. The first-order valence-corrected chi connectivity index (χ1v) is 11.6. The van der Waals surface area contributed by atoms with Gasteiger partial charge < -0.3 is 10.6 Å². The fourth-order valence-corrected chi connectivity index (χ4v) is 5.10. The Morgan fingerprint density at radius 1 is 1.09 bits per heavy atom. The highest BCUT2D eigenvalue weighted by Gasteiger charge is 2.47. The minimum Gasteiger partial charge on any atom is -0.363 e. The summed E-state index contributed by atoms with van der Waals surface area (Å²) in [4.78, 5) is 12.9. The molecule has 2 N–H and O–H groups in total. The Bertz CT molecular complexity index is 1150. The van der Waals surface area contributed by atoms with Crippen LogP contribution < -0.4 is 10.6 Å².